The zero-order valence-electron chi connectivity index (χ0n) is 15.5. The summed E-state index contributed by atoms with van der Waals surface area (Å²) in [5.41, 5.74) is 0.121. The minimum absolute atomic E-state index is 0.0700. The first-order valence-electron chi connectivity index (χ1n) is 9.06. The van der Waals surface area contributed by atoms with Gasteiger partial charge in [0.2, 0.25) is 5.01 Å². The number of carbonyl (C=O) groups excluding carboxylic acids is 2. The molecule has 1 fully saturated rings. The largest absolute Gasteiger partial charge is 0.336 e. The predicted molar refractivity (Wildman–Crippen MR) is 101 cm³/mol. The van der Waals surface area contributed by atoms with Gasteiger partial charge < -0.3 is 15.5 Å². The first kappa shape index (κ1) is 20.1. The highest BCUT2D eigenvalue weighted by Crippen LogP contribution is 2.33. The van der Waals surface area contributed by atoms with Crippen molar-refractivity contribution in [1.82, 2.24) is 20.4 Å². The molecule has 0 radical (unpaired) electrons. The molecule has 0 unspecified atom stereocenters. The number of nitrogens with one attached hydrogen (secondary N) is 2. The molecule has 3 amide bonds. The molecule has 0 bridgehead atoms. The van der Waals surface area contributed by atoms with E-state index in [1.165, 1.54) is 6.07 Å². The predicted octanol–water partition coefficient (Wildman–Crippen LogP) is 3.71. The maximum atomic E-state index is 13.3. The first-order valence-corrected chi connectivity index (χ1v) is 9.87. The van der Waals surface area contributed by atoms with E-state index >= 15 is 0 Å². The molecule has 1 aromatic heterocycles. The number of halogens is 2. The van der Waals surface area contributed by atoms with Crippen LogP contribution in [0, 0.1) is 11.6 Å². The molecule has 2 N–H and O–H groups in total. The van der Waals surface area contributed by atoms with Crippen molar-refractivity contribution >= 4 is 29.0 Å². The van der Waals surface area contributed by atoms with Gasteiger partial charge in [-0.1, -0.05) is 18.3 Å². The van der Waals surface area contributed by atoms with E-state index in [1.54, 1.807) is 4.90 Å². The monoisotopic (exact) mass is 409 g/mol. The summed E-state index contributed by atoms with van der Waals surface area (Å²) in [6, 6.07) is 2.78. The van der Waals surface area contributed by atoms with E-state index in [2.05, 4.69) is 20.8 Å². The van der Waals surface area contributed by atoms with Crippen molar-refractivity contribution in [2.75, 3.05) is 11.9 Å². The fourth-order valence-electron chi connectivity index (χ4n) is 2.88. The third-order valence-corrected chi connectivity index (χ3v) is 5.62. The van der Waals surface area contributed by atoms with Crippen molar-refractivity contribution in [3.05, 3.63) is 39.8 Å². The van der Waals surface area contributed by atoms with Crippen molar-refractivity contribution in [3.8, 4) is 0 Å². The van der Waals surface area contributed by atoms with Crippen LogP contribution in [0.15, 0.2) is 18.2 Å². The summed E-state index contributed by atoms with van der Waals surface area (Å²) in [6.07, 6.45) is 2.42. The fraction of sp³-hybridized carbons (Fsp3) is 0.444. The Kier molecular flexibility index (Phi) is 6.18. The normalized spacial score (nSPS) is 17.4. The molecule has 7 nitrogen and oxygen atoms in total. The maximum Gasteiger partial charge on any atom is 0.318 e. The molecule has 28 heavy (non-hydrogen) atoms. The van der Waals surface area contributed by atoms with Gasteiger partial charge in [-0.05, 0) is 38.3 Å². The number of carbonyl (C=O) groups is 2. The van der Waals surface area contributed by atoms with Gasteiger partial charge in [0.1, 0.15) is 5.01 Å². The van der Waals surface area contributed by atoms with Crippen molar-refractivity contribution in [2.45, 2.75) is 45.2 Å². The molecule has 10 heteroatoms. The fourth-order valence-corrected chi connectivity index (χ4v) is 3.77. The number of urea groups is 1. The molecule has 2 aromatic rings. The molecule has 150 valence electrons. The maximum absolute atomic E-state index is 13.3. The van der Waals surface area contributed by atoms with E-state index in [9.17, 15) is 18.4 Å². The van der Waals surface area contributed by atoms with Crippen molar-refractivity contribution in [1.29, 1.82) is 0 Å². The van der Waals surface area contributed by atoms with Crippen LogP contribution in [0.25, 0.3) is 0 Å². The Labute approximate surface area is 165 Å². The molecular formula is C18H21F2N5O2S. The Morgan fingerprint density at radius 2 is 2.11 bits per heavy atom. The Morgan fingerprint density at radius 3 is 2.82 bits per heavy atom. The average Bonchev–Trinajstić information content (AvgIpc) is 3.33. The summed E-state index contributed by atoms with van der Waals surface area (Å²) in [6.45, 7) is 4.55. The van der Waals surface area contributed by atoms with Gasteiger partial charge in [-0.3, -0.25) is 4.79 Å². The number of nitrogens with zero attached hydrogens (tertiary/aromatic N) is 3. The van der Waals surface area contributed by atoms with Crippen LogP contribution < -0.4 is 10.6 Å². The van der Waals surface area contributed by atoms with Crippen LogP contribution in [-0.2, 0) is 0 Å². The molecule has 1 aromatic carbocycles. The average molecular weight is 409 g/mol. The molecular weight excluding hydrogens is 388 g/mol. The van der Waals surface area contributed by atoms with Crippen LogP contribution in [0.3, 0.4) is 0 Å². The molecule has 2 heterocycles. The quantitative estimate of drug-likeness (QED) is 0.788. The van der Waals surface area contributed by atoms with E-state index in [1.807, 2.05) is 13.8 Å². The van der Waals surface area contributed by atoms with Crippen LogP contribution in [0.5, 0.6) is 0 Å². The smallest absolute Gasteiger partial charge is 0.318 e. The van der Waals surface area contributed by atoms with E-state index < -0.39 is 17.5 Å². The Balaban J connectivity index is 1.69. The number of likely N-dealkylation sites (tertiary alicyclic amines) is 1. The van der Waals surface area contributed by atoms with Crippen molar-refractivity contribution in [3.63, 3.8) is 0 Å². The third-order valence-electron chi connectivity index (χ3n) is 4.59. The lowest BCUT2D eigenvalue weighted by Gasteiger charge is -2.25. The summed E-state index contributed by atoms with van der Waals surface area (Å²) in [4.78, 5) is 26.5. The van der Waals surface area contributed by atoms with Crippen LogP contribution >= 0.6 is 11.3 Å². The van der Waals surface area contributed by atoms with E-state index in [-0.39, 0.29) is 28.8 Å². The Hall–Kier alpha value is -2.62. The highest BCUT2D eigenvalue weighted by atomic mass is 32.1. The molecule has 0 spiro atoms. The van der Waals surface area contributed by atoms with Crippen LogP contribution in [0.1, 0.15) is 54.0 Å². The van der Waals surface area contributed by atoms with Crippen LogP contribution in [-0.4, -0.2) is 39.6 Å². The van der Waals surface area contributed by atoms with Crippen LogP contribution in [0.4, 0.5) is 19.3 Å². The SMILES string of the molecule is CC[C@H](C)NC(=O)N1CCC[C@H]1c1nnc(C(=O)Nc2ccc(F)c(F)c2)s1. The van der Waals surface area contributed by atoms with Gasteiger partial charge in [0, 0.05) is 24.3 Å². The highest BCUT2D eigenvalue weighted by molar-refractivity contribution is 7.13. The molecule has 0 aliphatic carbocycles. The number of hydrogen-bond acceptors (Lipinski definition) is 5. The summed E-state index contributed by atoms with van der Waals surface area (Å²) < 4.78 is 26.3. The van der Waals surface area contributed by atoms with Crippen molar-refractivity contribution < 1.29 is 18.4 Å². The second kappa shape index (κ2) is 8.59. The molecule has 0 saturated carbocycles. The van der Waals surface area contributed by atoms with Gasteiger partial charge in [-0.2, -0.15) is 0 Å². The Morgan fingerprint density at radius 1 is 1.32 bits per heavy atom. The second-order valence-electron chi connectivity index (χ2n) is 6.64. The summed E-state index contributed by atoms with van der Waals surface area (Å²) in [7, 11) is 0. The third kappa shape index (κ3) is 4.44. The zero-order chi connectivity index (χ0) is 20.3. The van der Waals surface area contributed by atoms with Gasteiger partial charge in [-0.25, -0.2) is 13.6 Å². The highest BCUT2D eigenvalue weighted by Gasteiger charge is 2.33. The van der Waals surface area contributed by atoms with E-state index in [0.29, 0.717) is 11.6 Å². The lowest BCUT2D eigenvalue weighted by Crippen LogP contribution is -2.43. The Bertz CT molecular complexity index is 875. The number of hydrogen-bond donors (Lipinski definition) is 2. The van der Waals surface area contributed by atoms with Gasteiger partial charge in [0.25, 0.3) is 5.91 Å². The summed E-state index contributed by atoms with van der Waals surface area (Å²) >= 11 is 1.09. The summed E-state index contributed by atoms with van der Waals surface area (Å²) in [5, 5.41) is 14.1. The lowest BCUT2D eigenvalue weighted by atomic mass is 10.2. The molecule has 1 aliphatic rings. The number of anilines is 1. The minimum Gasteiger partial charge on any atom is -0.336 e. The topological polar surface area (TPSA) is 87.2 Å². The summed E-state index contributed by atoms with van der Waals surface area (Å²) in [5.74, 6) is -2.61. The number of rotatable bonds is 5. The molecule has 2 atom stereocenters. The van der Waals surface area contributed by atoms with Gasteiger partial charge in [0.05, 0.1) is 6.04 Å². The van der Waals surface area contributed by atoms with Gasteiger partial charge >= 0.3 is 6.03 Å². The zero-order valence-corrected chi connectivity index (χ0v) is 16.4. The van der Waals surface area contributed by atoms with Gasteiger partial charge in [0.15, 0.2) is 11.6 Å². The van der Waals surface area contributed by atoms with E-state index in [4.69, 9.17) is 0 Å². The standard InChI is InChI=1S/C18H21F2N5O2S/c1-3-10(2)21-18(27)25-8-4-5-14(25)16-23-24-17(28-16)15(26)22-11-6-7-12(19)13(20)9-11/h6-7,9-10,14H,3-5,8H2,1-2H3,(H,21,27)(H,22,26)/t10-,14-/m0/s1. The lowest BCUT2D eigenvalue weighted by molar-refractivity contribution is 0.102. The number of benzene rings is 1. The minimum atomic E-state index is -1.05. The second-order valence-corrected chi connectivity index (χ2v) is 7.65. The molecule has 1 saturated heterocycles. The number of aromatic nitrogens is 2. The molecule has 1 aliphatic heterocycles. The van der Waals surface area contributed by atoms with Crippen LogP contribution in [0.2, 0.25) is 0 Å². The van der Waals surface area contributed by atoms with Crippen molar-refractivity contribution in [2.24, 2.45) is 0 Å². The number of amides is 3. The van der Waals surface area contributed by atoms with E-state index in [0.717, 1.165) is 42.7 Å². The van der Waals surface area contributed by atoms with Gasteiger partial charge in [-0.15, -0.1) is 10.2 Å². The first-order chi connectivity index (χ1) is 13.4. The molecule has 3 rings (SSSR count).